The third kappa shape index (κ3) is 3.04. The molecule has 1 saturated heterocycles. The number of hydrogen-bond acceptors (Lipinski definition) is 5. The fraction of sp³-hybridized carbons (Fsp3) is 0.619. The molecule has 3 aliphatic carbocycles. The van der Waals surface area contributed by atoms with Gasteiger partial charge in [-0.3, -0.25) is 0 Å². The van der Waals surface area contributed by atoms with Crippen LogP contribution < -0.4 is 5.32 Å². The molecule has 1 saturated carbocycles. The molecule has 154 valence electrons. The first-order chi connectivity index (χ1) is 14.1. The van der Waals surface area contributed by atoms with Crippen molar-refractivity contribution in [1.29, 1.82) is 0 Å². The molecule has 2 atom stereocenters. The highest BCUT2D eigenvalue weighted by atomic mass is 32.2. The van der Waals surface area contributed by atoms with Gasteiger partial charge < -0.3 is 10.4 Å². The van der Waals surface area contributed by atoms with E-state index in [-0.39, 0.29) is 5.92 Å². The van der Waals surface area contributed by atoms with E-state index in [4.69, 9.17) is 0 Å². The zero-order chi connectivity index (χ0) is 19.6. The Bertz CT molecular complexity index is 967. The van der Waals surface area contributed by atoms with Gasteiger partial charge in [-0.15, -0.1) is 5.10 Å². The van der Waals surface area contributed by atoms with E-state index in [1.54, 1.807) is 0 Å². The molecule has 7 nitrogen and oxygen atoms in total. The van der Waals surface area contributed by atoms with Crippen molar-refractivity contribution in [3.05, 3.63) is 28.3 Å². The second-order valence-corrected chi connectivity index (χ2v) is 10.5. The van der Waals surface area contributed by atoms with Crippen LogP contribution in [0.1, 0.15) is 54.4 Å². The maximum Gasteiger partial charge on any atom is 0.247 e. The topological polar surface area (TPSA) is 94.1 Å². The van der Waals surface area contributed by atoms with Crippen molar-refractivity contribution in [2.75, 3.05) is 18.4 Å². The van der Waals surface area contributed by atoms with Crippen LogP contribution in [0.25, 0.3) is 0 Å². The molecular weight excluding hydrogens is 386 g/mol. The molecule has 1 aliphatic heterocycles. The number of nitrogens with one attached hydrogen (secondary N) is 2. The smallest absolute Gasteiger partial charge is 0.247 e. The third-order valence-electron chi connectivity index (χ3n) is 7.25. The molecule has 2 aromatic rings. The lowest BCUT2D eigenvalue weighted by Crippen LogP contribution is -2.28. The Morgan fingerprint density at radius 3 is 2.59 bits per heavy atom. The van der Waals surface area contributed by atoms with Crippen molar-refractivity contribution in [3.8, 4) is 0 Å². The van der Waals surface area contributed by atoms with Crippen LogP contribution in [0, 0.1) is 5.92 Å². The first kappa shape index (κ1) is 18.0. The van der Waals surface area contributed by atoms with Crippen LogP contribution in [0.2, 0.25) is 0 Å². The number of aliphatic hydroxyl groups is 1. The Balaban J connectivity index is 1.22. The highest BCUT2D eigenvalue weighted by Crippen LogP contribution is 2.46. The van der Waals surface area contributed by atoms with Gasteiger partial charge in [0.2, 0.25) is 11.1 Å². The van der Waals surface area contributed by atoms with E-state index in [2.05, 4.69) is 26.6 Å². The molecule has 8 heteroatoms. The van der Waals surface area contributed by atoms with Gasteiger partial charge in [0.25, 0.3) is 0 Å². The summed E-state index contributed by atoms with van der Waals surface area (Å²) in [5.74, 6) is 0.723. The molecule has 0 bridgehead atoms. The lowest BCUT2D eigenvalue weighted by Gasteiger charge is -2.17. The quantitative estimate of drug-likeness (QED) is 0.700. The van der Waals surface area contributed by atoms with E-state index in [0.717, 1.165) is 51.5 Å². The summed E-state index contributed by atoms with van der Waals surface area (Å²) in [6.45, 7) is 1.38. The average Bonchev–Trinajstić information content (AvgIpc) is 3.30. The van der Waals surface area contributed by atoms with Gasteiger partial charge in [-0.2, -0.15) is 4.98 Å². The Kier molecular flexibility index (Phi) is 4.12. The molecule has 6 rings (SSSR count). The number of aryl methyl sites for hydroxylation is 2. The summed E-state index contributed by atoms with van der Waals surface area (Å²) in [5.41, 5.74) is 6.45. The first-order valence-corrected chi connectivity index (χ1v) is 12.0. The monoisotopic (exact) mass is 413 g/mol. The Morgan fingerprint density at radius 2 is 1.90 bits per heavy atom. The van der Waals surface area contributed by atoms with Crippen LogP contribution in [-0.4, -0.2) is 47.5 Å². The van der Waals surface area contributed by atoms with Crippen molar-refractivity contribution in [1.82, 2.24) is 19.5 Å². The summed E-state index contributed by atoms with van der Waals surface area (Å²) in [6.07, 6.45) is 9.58. The maximum absolute atomic E-state index is 13.0. The minimum absolute atomic E-state index is 0.224. The predicted octanol–water partition coefficient (Wildman–Crippen LogP) is 2.40. The van der Waals surface area contributed by atoms with E-state index in [1.165, 1.54) is 40.8 Å². The van der Waals surface area contributed by atoms with Crippen LogP contribution in [-0.2, 0) is 36.7 Å². The van der Waals surface area contributed by atoms with Gasteiger partial charge in [0.05, 0.1) is 5.60 Å². The first-order valence-electron chi connectivity index (χ1n) is 10.9. The highest BCUT2D eigenvalue weighted by Gasteiger charge is 2.50. The minimum atomic E-state index is -1.37. The van der Waals surface area contributed by atoms with Crippen molar-refractivity contribution < 1.29 is 9.32 Å². The molecule has 2 fully saturated rings. The van der Waals surface area contributed by atoms with Crippen molar-refractivity contribution in [2.45, 2.75) is 68.5 Å². The van der Waals surface area contributed by atoms with E-state index in [9.17, 15) is 9.32 Å². The fourth-order valence-corrected chi connectivity index (χ4v) is 6.56. The minimum Gasteiger partial charge on any atom is -0.390 e. The number of aromatic nitrogens is 3. The molecule has 4 aliphatic rings. The van der Waals surface area contributed by atoms with Gasteiger partial charge >= 0.3 is 0 Å². The molecule has 2 unspecified atom stereocenters. The van der Waals surface area contributed by atoms with Crippen LogP contribution >= 0.6 is 0 Å². The summed E-state index contributed by atoms with van der Waals surface area (Å²) in [7, 11) is -1.37. The fourth-order valence-electron chi connectivity index (χ4n) is 5.44. The summed E-state index contributed by atoms with van der Waals surface area (Å²) in [5, 5.41) is 21.4. The molecular formula is C21H27N5O2S. The molecule has 1 aromatic heterocycles. The van der Waals surface area contributed by atoms with E-state index < -0.39 is 16.6 Å². The molecule has 0 spiro atoms. The third-order valence-corrected chi connectivity index (χ3v) is 8.56. The molecule has 0 amide bonds. The average molecular weight is 414 g/mol. The largest absolute Gasteiger partial charge is 0.390 e. The van der Waals surface area contributed by atoms with Gasteiger partial charge in [0, 0.05) is 24.7 Å². The molecule has 0 radical (unpaired) electrons. The van der Waals surface area contributed by atoms with Crippen molar-refractivity contribution in [2.24, 2.45) is 5.92 Å². The number of hydrogen-bond donors (Lipinski definition) is 3. The van der Waals surface area contributed by atoms with Crippen LogP contribution in [0.3, 0.4) is 0 Å². The van der Waals surface area contributed by atoms with Gasteiger partial charge in [-0.1, -0.05) is 6.07 Å². The number of benzene rings is 1. The van der Waals surface area contributed by atoms with Crippen LogP contribution in [0.5, 0.6) is 0 Å². The number of nitrogens with zero attached hydrogens (tertiary/aromatic N) is 3. The van der Waals surface area contributed by atoms with E-state index in [1.807, 2.05) is 4.31 Å². The predicted molar refractivity (Wildman–Crippen MR) is 110 cm³/mol. The van der Waals surface area contributed by atoms with E-state index >= 15 is 0 Å². The zero-order valence-corrected chi connectivity index (χ0v) is 17.4. The molecule has 2 heterocycles. The van der Waals surface area contributed by atoms with Gasteiger partial charge in [0.1, 0.15) is 0 Å². The molecule has 1 aromatic carbocycles. The number of H-pyrrole nitrogens is 1. The molecule has 3 N–H and O–H groups in total. The summed E-state index contributed by atoms with van der Waals surface area (Å²) < 4.78 is 14.9. The molecule has 29 heavy (non-hydrogen) atoms. The number of aromatic amines is 1. The summed E-state index contributed by atoms with van der Waals surface area (Å²) >= 11 is 0. The lowest BCUT2D eigenvalue weighted by molar-refractivity contribution is 0.0890. The Hall–Kier alpha value is -1.77. The standard InChI is InChI=1S/C21H27N5O2S/c27-21(8-9-21)15-7-10-26(12-15)29(28)20-23-19(24-25-20)22-18-16-5-1-3-13(16)11-14-4-2-6-17(14)18/h11,15,27H,1-10,12H2,(H2,22,23,24,25). The summed E-state index contributed by atoms with van der Waals surface area (Å²) in [4.78, 5) is 4.52. The van der Waals surface area contributed by atoms with Gasteiger partial charge in [-0.05, 0) is 80.0 Å². The lowest BCUT2D eigenvalue weighted by atomic mass is 9.99. The number of anilines is 2. The SMILES string of the molecule is O=S(c1nc(Nc2c3c(cc4c2CCC4)CCC3)n[nH]1)N1CCC(C2(O)CC2)C1. The van der Waals surface area contributed by atoms with Crippen LogP contribution in [0.15, 0.2) is 11.2 Å². The Labute approximate surface area is 172 Å². The van der Waals surface area contributed by atoms with E-state index in [0.29, 0.717) is 17.6 Å². The number of fused-ring (bicyclic) bond motifs is 2. The van der Waals surface area contributed by atoms with Gasteiger partial charge in [0.15, 0.2) is 11.0 Å². The van der Waals surface area contributed by atoms with Crippen molar-refractivity contribution >= 4 is 22.6 Å². The zero-order valence-electron chi connectivity index (χ0n) is 16.5. The normalized spacial score (nSPS) is 25.8. The maximum atomic E-state index is 13.0. The second kappa shape index (κ2) is 6.62. The van der Waals surface area contributed by atoms with Crippen molar-refractivity contribution in [3.63, 3.8) is 0 Å². The highest BCUT2D eigenvalue weighted by molar-refractivity contribution is 7.82. The van der Waals surface area contributed by atoms with Crippen LogP contribution in [0.4, 0.5) is 11.6 Å². The second-order valence-electron chi connectivity index (χ2n) is 9.05. The Morgan fingerprint density at radius 1 is 1.17 bits per heavy atom. The number of rotatable bonds is 5. The van der Waals surface area contributed by atoms with Gasteiger partial charge in [-0.25, -0.2) is 13.6 Å². The summed E-state index contributed by atoms with van der Waals surface area (Å²) in [6, 6.07) is 2.41.